The molecule has 3 rings (SSSR count). The van der Waals surface area contributed by atoms with Crippen molar-refractivity contribution in [2.45, 2.75) is 30.9 Å². The fraction of sp³-hybridized carbons (Fsp3) is 0.500. The van der Waals surface area contributed by atoms with E-state index in [4.69, 9.17) is 9.47 Å². The number of aldehydes is 1. The highest BCUT2D eigenvalue weighted by atomic mass is 16.5. The lowest BCUT2D eigenvalue weighted by Gasteiger charge is -2.37. The molecule has 1 fully saturated rings. The van der Waals surface area contributed by atoms with Crippen molar-refractivity contribution >= 4 is 6.29 Å². The fourth-order valence-corrected chi connectivity index (χ4v) is 3.91. The van der Waals surface area contributed by atoms with Gasteiger partial charge in [0.05, 0.1) is 20.3 Å². The van der Waals surface area contributed by atoms with E-state index in [0.29, 0.717) is 23.5 Å². The van der Waals surface area contributed by atoms with Crippen molar-refractivity contribution in [1.82, 2.24) is 4.90 Å². The highest BCUT2D eigenvalue weighted by molar-refractivity contribution is 5.80. The first kappa shape index (κ1) is 16.0. The zero-order valence-corrected chi connectivity index (χ0v) is 13.8. The van der Waals surface area contributed by atoms with Crippen molar-refractivity contribution in [3.8, 4) is 11.5 Å². The van der Waals surface area contributed by atoms with Gasteiger partial charge in [0.15, 0.2) is 11.5 Å². The largest absolute Gasteiger partial charge is 0.493 e. The average Bonchev–Trinajstić information content (AvgIpc) is 2.95. The minimum atomic E-state index is -0.513. The molecule has 1 aliphatic carbocycles. The molecule has 0 spiro atoms. The molecule has 5 nitrogen and oxygen atoms in total. The number of carbonyl (C=O) groups excluding carboxylic acids is 1. The lowest BCUT2D eigenvalue weighted by Crippen LogP contribution is -2.40. The van der Waals surface area contributed by atoms with Crippen LogP contribution in [0.3, 0.4) is 0 Å². The number of carbonyl (C=O) groups is 1. The van der Waals surface area contributed by atoms with Crippen LogP contribution in [0.25, 0.3) is 0 Å². The van der Waals surface area contributed by atoms with Crippen LogP contribution in [0.2, 0.25) is 0 Å². The van der Waals surface area contributed by atoms with Crippen LogP contribution in [0.5, 0.6) is 11.5 Å². The molecule has 1 aliphatic heterocycles. The standard InChI is InChI=1S/C18H23NO4/c1-19-7-6-11-4-5-14(21)17(18(11)19)13-9-16(23-3)15(22-2)8-12(13)10-20/h4,8-10,14,17-18,21H,5-7H2,1-3H3/t14-,17-,18-/m1/s1. The lowest BCUT2D eigenvalue weighted by atomic mass is 9.76. The third kappa shape index (κ3) is 2.64. The number of aliphatic hydroxyl groups excluding tert-OH is 1. The first-order valence-electron chi connectivity index (χ1n) is 7.89. The summed E-state index contributed by atoms with van der Waals surface area (Å²) in [5.74, 6) is 0.971. The zero-order valence-electron chi connectivity index (χ0n) is 13.8. The van der Waals surface area contributed by atoms with E-state index in [0.717, 1.165) is 24.8 Å². The molecule has 1 heterocycles. The summed E-state index contributed by atoms with van der Waals surface area (Å²) in [6.45, 7) is 0.976. The van der Waals surface area contributed by atoms with E-state index < -0.39 is 6.10 Å². The van der Waals surface area contributed by atoms with Crippen LogP contribution in [0, 0.1) is 0 Å². The van der Waals surface area contributed by atoms with Crippen molar-refractivity contribution in [1.29, 1.82) is 0 Å². The van der Waals surface area contributed by atoms with E-state index in [-0.39, 0.29) is 12.0 Å². The molecular weight excluding hydrogens is 294 g/mol. The molecule has 1 aromatic carbocycles. The Labute approximate surface area is 136 Å². The molecule has 0 unspecified atom stereocenters. The number of ether oxygens (including phenoxy) is 2. The molecule has 0 bridgehead atoms. The van der Waals surface area contributed by atoms with Crippen LogP contribution in [0.4, 0.5) is 0 Å². The number of likely N-dealkylation sites (tertiary alicyclic amines) is 1. The second-order valence-corrected chi connectivity index (χ2v) is 6.24. The SMILES string of the molecule is COc1cc(C=O)c([C@@H]2[C@H](O)CC=C3CCN(C)[C@H]32)cc1OC. The van der Waals surface area contributed by atoms with Crippen LogP contribution in [-0.2, 0) is 0 Å². The van der Waals surface area contributed by atoms with Crippen LogP contribution >= 0.6 is 0 Å². The average molecular weight is 317 g/mol. The molecule has 3 atom stereocenters. The summed E-state index contributed by atoms with van der Waals surface area (Å²) in [4.78, 5) is 13.9. The van der Waals surface area contributed by atoms with Gasteiger partial charge in [-0.3, -0.25) is 9.69 Å². The number of likely N-dealkylation sites (N-methyl/N-ethyl adjacent to an activating group) is 1. The Hall–Kier alpha value is -1.85. The van der Waals surface area contributed by atoms with Crippen LogP contribution in [0.15, 0.2) is 23.8 Å². The minimum Gasteiger partial charge on any atom is -0.493 e. The number of hydrogen-bond donors (Lipinski definition) is 1. The summed E-state index contributed by atoms with van der Waals surface area (Å²) < 4.78 is 10.7. The van der Waals surface area contributed by atoms with Crippen LogP contribution in [-0.4, -0.2) is 56.3 Å². The van der Waals surface area contributed by atoms with Gasteiger partial charge in [0.1, 0.15) is 6.29 Å². The Bertz CT molecular complexity index is 640. The monoisotopic (exact) mass is 317 g/mol. The predicted octanol–water partition coefficient (Wildman–Crippen LogP) is 1.99. The molecule has 0 aromatic heterocycles. The maximum absolute atomic E-state index is 11.6. The van der Waals surface area contributed by atoms with Gasteiger partial charge in [-0.25, -0.2) is 0 Å². The van der Waals surface area contributed by atoms with E-state index >= 15 is 0 Å². The number of fused-ring (bicyclic) bond motifs is 1. The first-order valence-corrected chi connectivity index (χ1v) is 7.89. The van der Waals surface area contributed by atoms with E-state index in [9.17, 15) is 9.90 Å². The number of aliphatic hydroxyl groups is 1. The van der Waals surface area contributed by atoms with Gasteiger partial charge < -0.3 is 14.6 Å². The summed E-state index contributed by atoms with van der Waals surface area (Å²) in [5.41, 5.74) is 2.73. The second-order valence-electron chi connectivity index (χ2n) is 6.24. The van der Waals surface area contributed by atoms with E-state index in [1.807, 2.05) is 6.07 Å². The number of methoxy groups -OCH3 is 2. The van der Waals surface area contributed by atoms with E-state index in [1.165, 1.54) is 5.57 Å². The van der Waals surface area contributed by atoms with Gasteiger partial charge in [0, 0.05) is 24.1 Å². The Morgan fingerprint density at radius 2 is 1.96 bits per heavy atom. The fourth-order valence-electron chi connectivity index (χ4n) is 3.91. The molecule has 0 saturated carbocycles. The number of nitrogens with zero attached hydrogens (tertiary/aromatic N) is 1. The van der Waals surface area contributed by atoms with Gasteiger partial charge in [0.25, 0.3) is 0 Å². The molecular formula is C18H23NO4. The smallest absolute Gasteiger partial charge is 0.161 e. The normalized spacial score (nSPS) is 27.3. The van der Waals surface area contributed by atoms with Gasteiger partial charge in [0.2, 0.25) is 0 Å². The van der Waals surface area contributed by atoms with Gasteiger partial charge in [-0.05, 0) is 37.6 Å². The summed E-state index contributed by atoms with van der Waals surface area (Å²) in [6.07, 6.45) is 4.11. The number of hydrogen-bond acceptors (Lipinski definition) is 5. The summed E-state index contributed by atoms with van der Waals surface area (Å²) in [7, 11) is 5.19. The Kier molecular flexibility index (Phi) is 4.41. The lowest BCUT2D eigenvalue weighted by molar-refractivity contribution is 0.102. The van der Waals surface area contributed by atoms with E-state index in [2.05, 4.69) is 18.0 Å². The highest BCUT2D eigenvalue weighted by Gasteiger charge is 2.41. The van der Waals surface area contributed by atoms with E-state index in [1.54, 1.807) is 20.3 Å². The van der Waals surface area contributed by atoms with Gasteiger partial charge >= 0.3 is 0 Å². The Balaban J connectivity index is 2.12. The van der Waals surface area contributed by atoms with Gasteiger partial charge in [-0.2, -0.15) is 0 Å². The molecule has 1 saturated heterocycles. The quantitative estimate of drug-likeness (QED) is 0.680. The molecule has 2 aliphatic rings. The number of benzene rings is 1. The summed E-state index contributed by atoms with van der Waals surface area (Å²) >= 11 is 0. The second kappa shape index (κ2) is 6.34. The molecule has 5 heteroatoms. The van der Waals surface area contributed by atoms with Crippen molar-refractivity contribution < 1.29 is 19.4 Å². The topological polar surface area (TPSA) is 59.0 Å². The van der Waals surface area contributed by atoms with Crippen molar-refractivity contribution in [2.24, 2.45) is 0 Å². The van der Waals surface area contributed by atoms with Crippen molar-refractivity contribution in [3.63, 3.8) is 0 Å². The summed E-state index contributed by atoms with van der Waals surface area (Å²) in [6, 6.07) is 3.67. The molecule has 1 N–H and O–H groups in total. The molecule has 1 aromatic rings. The van der Waals surface area contributed by atoms with Gasteiger partial charge in [-0.1, -0.05) is 11.6 Å². The Morgan fingerprint density at radius 1 is 1.26 bits per heavy atom. The highest BCUT2D eigenvalue weighted by Crippen LogP contribution is 2.44. The third-order valence-corrected chi connectivity index (χ3v) is 5.06. The molecule has 0 amide bonds. The van der Waals surface area contributed by atoms with Crippen molar-refractivity contribution in [3.05, 3.63) is 34.9 Å². The van der Waals surface area contributed by atoms with Gasteiger partial charge in [-0.15, -0.1) is 0 Å². The predicted molar refractivity (Wildman–Crippen MR) is 87.4 cm³/mol. The first-order chi connectivity index (χ1) is 11.1. The summed E-state index contributed by atoms with van der Waals surface area (Å²) in [5, 5.41) is 10.6. The van der Waals surface area contributed by atoms with Crippen molar-refractivity contribution in [2.75, 3.05) is 27.8 Å². The molecule has 0 radical (unpaired) electrons. The number of rotatable bonds is 4. The Morgan fingerprint density at radius 3 is 2.61 bits per heavy atom. The zero-order chi connectivity index (χ0) is 16.6. The molecule has 23 heavy (non-hydrogen) atoms. The maximum Gasteiger partial charge on any atom is 0.161 e. The minimum absolute atomic E-state index is 0.135. The third-order valence-electron chi connectivity index (χ3n) is 5.06. The van der Waals surface area contributed by atoms with Crippen LogP contribution in [0.1, 0.15) is 34.7 Å². The van der Waals surface area contributed by atoms with Crippen LogP contribution < -0.4 is 9.47 Å². The molecule has 124 valence electrons. The maximum atomic E-state index is 11.6.